The lowest BCUT2D eigenvalue weighted by Crippen LogP contribution is -1.90. The molecule has 0 atom stereocenters. The third-order valence-corrected chi connectivity index (χ3v) is 1.23. The largest absolute Gasteiger partial charge is 0.300 e. The molecular weight excluding hydrogens is 138 g/mol. The number of hydrogen-bond acceptors (Lipinski definition) is 3. The molecule has 3 nitrogen and oxygen atoms in total. The van der Waals surface area contributed by atoms with E-state index in [2.05, 4.69) is 13.2 Å². The van der Waals surface area contributed by atoms with Crippen LogP contribution in [0.2, 0.25) is 0 Å². The van der Waals surface area contributed by atoms with Crippen LogP contribution in [-0.2, 0) is 0 Å². The van der Waals surface area contributed by atoms with Crippen molar-refractivity contribution in [3.63, 3.8) is 0 Å². The fourth-order valence-electron chi connectivity index (χ4n) is 0.238. The molecule has 0 unspecified atom stereocenters. The Morgan fingerprint density at radius 3 is 2.22 bits per heavy atom. The van der Waals surface area contributed by atoms with Gasteiger partial charge in [0.1, 0.15) is 0 Å². The average Bonchev–Trinajstić information content (AvgIpc) is 1.63. The topological polar surface area (TPSA) is 43.1 Å². The summed E-state index contributed by atoms with van der Waals surface area (Å²) in [6.07, 6.45) is 0. The number of nitro groups is 1. The molecule has 9 heavy (non-hydrogen) atoms. The molecule has 0 saturated heterocycles. The van der Waals surface area contributed by atoms with E-state index in [9.17, 15) is 10.1 Å². The second-order valence-electron chi connectivity index (χ2n) is 1.45. The maximum Gasteiger partial charge on any atom is 0.300 e. The second-order valence-corrected chi connectivity index (χ2v) is 2.83. The first-order valence-electron chi connectivity index (χ1n) is 2.20. The number of rotatable bonds is 3. The Balaban J connectivity index is 3.79. The van der Waals surface area contributed by atoms with Crippen LogP contribution >= 0.6 is 11.8 Å². The van der Waals surface area contributed by atoms with Gasteiger partial charge < -0.3 is 0 Å². The van der Waals surface area contributed by atoms with Gasteiger partial charge in [-0.25, -0.2) is 0 Å². The molecule has 0 aliphatic heterocycles. The predicted molar refractivity (Wildman–Crippen MR) is 38.5 cm³/mol. The second kappa shape index (κ2) is 3.29. The number of nitrogens with zero attached hydrogens (tertiary/aromatic N) is 1. The minimum absolute atomic E-state index is 0.0810. The minimum atomic E-state index is -0.528. The molecule has 0 aromatic rings. The number of thioether (sulfide) groups is 1. The average molecular weight is 145 g/mol. The monoisotopic (exact) mass is 145 g/mol. The van der Waals surface area contributed by atoms with Crippen LogP contribution in [0.1, 0.15) is 6.92 Å². The molecule has 50 valence electrons. The fourth-order valence-corrected chi connectivity index (χ4v) is 0.715. The SMILES string of the molecule is C=C(C)SC(=C)[N+](=O)[O-]. The molecule has 0 spiro atoms. The van der Waals surface area contributed by atoms with Crippen molar-refractivity contribution in [3.05, 3.63) is 33.2 Å². The van der Waals surface area contributed by atoms with Crippen molar-refractivity contribution in [1.82, 2.24) is 0 Å². The molecule has 0 fully saturated rings. The summed E-state index contributed by atoms with van der Waals surface area (Å²) in [5.41, 5.74) is 0. The standard InChI is InChI=1S/C5H7NO2S/c1-4(2)9-5(3)6(7)8/h1,3H2,2H3. The first-order chi connectivity index (χ1) is 4.04. The quantitative estimate of drug-likeness (QED) is 0.450. The van der Waals surface area contributed by atoms with Gasteiger partial charge in [0, 0.05) is 0 Å². The molecule has 0 aromatic heterocycles. The Morgan fingerprint density at radius 1 is 1.67 bits per heavy atom. The highest BCUT2D eigenvalue weighted by atomic mass is 32.2. The molecular formula is C5H7NO2S. The van der Waals surface area contributed by atoms with Crippen LogP contribution in [0.5, 0.6) is 0 Å². The van der Waals surface area contributed by atoms with Crippen LogP contribution in [0.3, 0.4) is 0 Å². The van der Waals surface area contributed by atoms with Gasteiger partial charge in [-0.2, -0.15) is 0 Å². The van der Waals surface area contributed by atoms with E-state index in [0.717, 1.165) is 11.8 Å². The molecule has 0 bridgehead atoms. The van der Waals surface area contributed by atoms with E-state index in [-0.39, 0.29) is 5.03 Å². The highest BCUT2D eigenvalue weighted by Crippen LogP contribution is 2.20. The van der Waals surface area contributed by atoms with Crippen molar-refractivity contribution in [1.29, 1.82) is 0 Å². The van der Waals surface area contributed by atoms with E-state index in [1.165, 1.54) is 0 Å². The van der Waals surface area contributed by atoms with E-state index < -0.39 is 4.92 Å². The lowest BCUT2D eigenvalue weighted by atomic mass is 10.8. The summed E-state index contributed by atoms with van der Waals surface area (Å²) in [5, 5.41) is 9.80. The molecule has 0 amide bonds. The summed E-state index contributed by atoms with van der Waals surface area (Å²) in [5.74, 6) is 0. The number of allylic oxidation sites excluding steroid dienone is 1. The third kappa shape index (κ3) is 3.78. The fraction of sp³-hybridized carbons (Fsp3) is 0.200. The van der Waals surface area contributed by atoms with Gasteiger partial charge in [-0.1, -0.05) is 6.58 Å². The van der Waals surface area contributed by atoms with E-state index in [1.54, 1.807) is 6.92 Å². The zero-order valence-electron chi connectivity index (χ0n) is 5.09. The number of hydrogen-bond donors (Lipinski definition) is 0. The normalized spacial score (nSPS) is 8.56. The third-order valence-electron chi connectivity index (χ3n) is 0.496. The van der Waals surface area contributed by atoms with E-state index >= 15 is 0 Å². The van der Waals surface area contributed by atoms with Gasteiger partial charge in [-0.3, -0.25) is 10.1 Å². The van der Waals surface area contributed by atoms with Crippen molar-refractivity contribution in [2.75, 3.05) is 0 Å². The summed E-state index contributed by atoms with van der Waals surface area (Å²) in [4.78, 5) is 10.0. The van der Waals surface area contributed by atoms with Crippen LogP contribution in [0.4, 0.5) is 0 Å². The van der Waals surface area contributed by atoms with Gasteiger partial charge in [-0.15, -0.1) is 0 Å². The predicted octanol–water partition coefficient (Wildman–Crippen LogP) is 2.00. The summed E-state index contributed by atoms with van der Waals surface area (Å²) < 4.78 is 0. The molecule has 0 heterocycles. The Labute approximate surface area is 57.6 Å². The van der Waals surface area contributed by atoms with Crippen molar-refractivity contribution >= 4 is 11.8 Å². The Bertz CT molecular complexity index is 164. The first-order valence-corrected chi connectivity index (χ1v) is 3.02. The zero-order valence-corrected chi connectivity index (χ0v) is 5.90. The van der Waals surface area contributed by atoms with Gasteiger partial charge in [-0.05, 0) is 30.2 Å². The van der Waals surface area contributed by atoms with Gasteiger partial charge in [0.15, 0.2) is 0 Å². The van der Waals surface area contributed by atoms with Crippen LogP contribution in [0.25, 0.3) is 0 Å². The minimum Gasteiger partial charge on any atom is -0.258 e. The van der Waals surface area contributed by atoms with E-state index in [0.29, 0.717) is 4.91 Å². The highest BCUT2D eigenvalue weighted by molar-refractivity contribution is 8.06. The molecule has 0 aliphatic rings. The first kappa shape index (κ1) is 8.23. The zero-order chi connectivity index (χ0) is 7.44. The molecule has 0 saturated carbocycles. The summed E-state index contributed by atoms with van der Waals surface area (Å²) in [7, 11) is 0. The van der Waals surface area contributed by atoms with E-state index in [1.807, 2.05) is 0 Å². The van der Waals surface area contributed by atoms with Gasteiger partial charge >= 0.3 is 0 Å². The lowest BCUT2D eigenvalue weighted by Gasteiger charge is -1.91. The van der Waals surface area contributed by atoms with Crippen molar-refractivity contribution in [2.45, 2.75) is 6.92 Å². The summed E-state index contributed by atoms with van der Waals surface area (Å²) >= 11 is 0.975. The molecule has 0 N–H and O–H groups in total. The van der Waals surface area contributed by atoms with Crippen LogP contribution in [-0.4, -0.2) is 4.92 Å². The Kier molecular flexibility index (Phi) is 3.01. The Morgan fingerprint density at radius 2 is 2.11 bits per heavy atom. The van der Waals surface area contributed by atoms with Gasteiger partial charge in [0.25, 0.3) is 5.03 Å². The maximum atomic E-state index is 9.88. The smallest absolute Gasteiger partial charge is 0.258 e. The molecule has 0 aliphatic carbocycles. The summed E-state index contributed by atoms with van der Waals surface area (Å²) in [6.45, 7) is 8.37. The molecule has 0 radical (unpaired) electrons. The van der Waals surface area contributed by atoms with Crippen molar-refractivity contribution < 1.29 is 4.92 Å². The van der Waals surface area contributed by atoms with Crippen LogP contribution < -0.4 is 0 Å². The summed E-state index contributed by atoms with van der Waals surface area (Å²) in [6, 6.07) is 0. The van der Waals surface area contributed by atoms with Crippen LogP contribution in [0, 0.1) is 10.1 Å². The van der Waals surface area contributed by atoms with Crippen molar-refractivity contribution in [3.8, 4) is 0 Å². The molecule has 4 heteroatoms. The maximum absolute atomic E-state index is 9.88. The lowest BCUT2D eigenvalue weighted by molar-refractivity contribution is -0.409. The van der Waals surface area contributed by atoms with Crippen molar-refractivity contribution in [2.24, 2.45) is 0 Å². The molecule has 0 rings (SSSR count). The van der Waals surface area contributed by atoms with Gasteiger partial charge in [0.05, 0.1) is 4.92 Å². The van der Waals surface area contributed by atoms with Crippen LogP contribution in [0.15, 0.2) is 23.1 Å². The Hall–Kier alpha value is -0.770. The van der Waals surface area contributed by atoms with Gasteiger partial charge in [0.2, 0.25) is 0 Å². The highest BCUT2D eigenvalue weighted by Gasteiger charge is 2.05. The molecule has 0 aromatic carbocycles. The van der Waals surface area contributed by atoms with E-state index in [4.69, 9.17) is 0 Å².